The fourth-order valence-electron chi connectivity index (χ4n) is 2.59. The molecule has 6 nitrogen and oxygen atoms in total. The molecule has 0 heterocycles. The van der Waals surface area contributed by atoms with Crippen molar-refractivity contribution < 1.29 is 84.0 Å². The van der Waals surface area contributed by atoms with Crippen LogP contribution in [0.2, 0.25) is 0 Å². The van der Waals surface area contributed by atoms with E-state index in [1.54, 1.807) is 6.07 Å². The van der Waals surface area contributed by atoms with Crippen molar-refractivity contribution in [1.29, 1.82) is 0 Å². The topological polar surface area (TPSA) is 104 Å². The number of carbonyl (C=O) groups excluding carboxylic acids is 2. The molecule has 0 atom stereocenters. The third-order valence-electron chi connectivity index (χ3n) is 3.96. The number of carboxylic acid groups (broad SMARTS) is 2. The quantitative estimate of drug-likeness (QED) is 0.482. The second kappa shape index (κ2) is 11.2. The minimum absolute atomic E-state index is 0. The van der Waals surface area contributed by atoms with E-state index in [1.807, 2.05) is 47.6 Å². The van der Waals surface area contributed by atoms with Crippen LogP contribution < -0.4 is 69.3 Å². The van der Waals surface area contributed by atoms with Crippen LogP contribution in [-0.2, 0) is 27.0 Å². The van der Waals surface area contributed by atoms with Gasteiger partial charge in [0.05, 0.1) is 11.9 Å². The summed E-state index contributed by atoms with van der Waals surface area (Å²) in [6.07, 6.45) is 0. The zero-order valence-corrected chi connectivity index (χ0v) is 21.8. The van der Waals surface area contributed by atoms with Crippen molar-refractivity contribution in [3.05, 3.63) is 28.8 Å². The van der Waals surface area contributed by atoms with Gasteiger partial charge in [0.2, 0.25) is 0 Å². The number of carbonyl (C=O) groups is 2. The molecule has 0 saturated heterocycles. The molecule has 1 N–H and O–H groups in total. The third-order valence-corrected chi connectivity index (χ3v) is 3.96. The maximum absolute atomic E-state index is 10.9. The van der Waals surface area contributed by atoms with E-state index in [9.17, 15) is 24.9 Å². The molecule has 8 heteroatoms. The van der Waals surface area contributed by atoms with Crippen LogP contribution in [0, 0.1) is 0 Å². The standard InChI is InChI=1S/C19H29NO5.2Na/c1-18(2,3)13-7-12(17(25)14(8-13)19(4,5)6)9-20(10-15(21)22)11-16(23)24;;/h7-8,25H,9-11H2,1-6H3,(H,21,22)(H,23,24);;/q;2*+1/p-2. The number of hydrogen-bond donors (Lipinski definition) is 1. The Balaban J connectivity index is 0. The van der Waals surface area contributed by atoms with Crippen LogP contribution in [0.3, 0.4) is 0 Å². The van der Waals surface area contributed by atoms with Crippen LogP contribution >= 0.6 is 0 Å². The van der Waals surface area contributed by atoms with Crippen LogP contribution in [-0.4, -0.2) is 35.0 Å². The first-order valence-corrected chi connectivity index (χ1v) is 8.20. The van der Waals surface area contributed by atoms with Crippen molar-refractivity contribution in [2.45, 2.75) is 58.9 Å². The molecule has 1 rings (SSSR count). The summed E-state index contributed by atoms with van der Waals surface area (Å²) in [5.41, 5.74) is 1.69. The fraction of sp³-hybridized carbons (Fsp3) is 0.579. The van der Waals surface area contributed by atoms with Gasteiger partial charge in [0.25, 0.3) is 0 Å². The molecule has 0 amide bonds. The van der Waals surface area contributed by atoms with E-state index in [2.05, 4.69) is 0 Å². The van der Waals surface area contributed by atoms with Gasteiger partial charge in [-0.05, 0) is 22.0 Å². The molecule has 0 aliphatic heterocycles. The van der Waals surface area contributed by atoms with Crippen molar-refractivity contribution in [2.24, 2.45) is 0 Å². The van der Waals surface area contributed by atoms with Gasteiger partial charge in [-0.3, -0.25) is 4.90 Å². The maximum atomic E-state index is 10.9. The monoisotopic (exact) mass is 395 g/mol. The summed E-state index contributed by atoms with van der Waals surface area (Å²) in [5.74, 6) is -2.71. The van der Waals surface area contributed by atoms with Crippen molar-refractivity contribution >= 4 is 11.9 Å². The van der Waals surface area contributed by atoms with Crippen molar-refractivity contribution in [1.82, 2.24) is 4.90 Å². The first kappa shape index (κ1) is 29.1. The van der Waals surface area contributed by atoms with Gasteiger partial charge in [-0.25, -0.2) is 0 Å². The van der Waals surface area contributed by atoms with Crippen molar-refractivity contribution in [2.75, 3.05) is 13.1 Å². The molecular formula is C19H27NNa2O5. The van der Waals surface area contributed by atoms with Gasteiger partial charge in [0.1, 0.15) is 5.75 Å². The van der Waals surface area contributed by atoms with Gasteiger partial charge in [-0.2, -0.15) is 0 Å². The van der Waals surface area contributed by atoms with Gasteiger partial charge < -0.3 is 24.9 Å². The van der Waals surface area contributed by atoms with Gasteiger partial charge in [0.15, 0.2) is 0 Å². The molecule has 0 aliphatic carbocycles. The van der Waals surface area contributed by atoms with E-state index in [4.69, 9.17) is 0 Å². The van der Waals surface area contributed by atoms with Crippen LogP contribution in [0.1, 0.15) is 58.2 Å². The molecule has 0 aromatic heterocycles. The van der Waals surface area contributed by atoms with Gasteiger partial charge >= 0.3 is 59.1 Å². The summed E-state index contributed by atoms with van der Waals surface area (Å²) in [7, 11) is 0. The summed E-state index contributed by atoms with van der Waals surface area (Å²) in [6, 6.07) is 3.74. The Morgan fingerprint density at radius 2 is 1.37 bits per heavy atom. The largest absolute Gasteiger partial charge is 1.00 e. The molecule has 0 saturated carbocycles. The summed E-state index contributed by atoms with van der Waals surface area (Å²) in [6.45, 7) is 10.9. The number of aromatic hydroxyl groups is 1. The normalized spacial score (nSPS) is 11.5. The average Bonchev–Trinajstić information content (AvgIpc) is 2.36. The molecule has 0 aliphatic rings. The summed E-state index contributed by atoms with van der Waals surface area (Å²) >= 11 is 0. The minimum Gasteiger partial charge on any atom is -0.549 e. The molecule has 27 heavy (non-hydrogen) atoms. The Morgan fingerprint density at radius 1 is 0.926 bits per heavy atom. The van der Waals surface area contributed by atoms with Crippen molar-refractivity contribution in [3.8, 4) is 5.75 Å². The van der Waals surface area contributed by atoms with Crippen LogP contribution in [0.4, 0.5) is 0 Å². The maximum Gasteiger partial charge on any atom is 1.00 e. The predicted molar refractivity (Wildman–Crippen MR) is 90.8 cm³/mol. The smallest absolute Gasteiger partial charge is 0.549 e. The van der Waals surface area contributed by atoms with E-state index in [0.29, 0.717) is 5.56 Å². The van der Waals surface area contributed by atoms with Crippen LogP contribution in [0.25, 0.3) is 0 Å². The number of aliphatic carboxylic acids is 2. The third kappa shape index (κ3) is 9.31. The Morgan fingerprint density at radius 3 is 1.70 bits per heavy atom. The fourth-order valence-corrected chi connectivity index (χ4v) is 2.59. The number of hydrogen-bond acceptors (Lipinski definition) is 6. The molecular weight excluding hydrogens is 368 g/mol. The van der Waals surface area contributed by atoms with E-state index in [1.165, 1.54) is 4.90 Å². The second-order valence-electron chi connectivity index (χ2n) is 8.42. The second-order valence-corrected chi connectivity index (χ2v) is 8.42. The predicted octanol–water partition coefficient (Wildman–Crippen LogP) is -5.70. The van der Waals surface area contributed by atoms with Gasteiger partial charge in [0, 0.05) is 25.2 Å². The summed E-state index contributed by atoms with van der Waals surface area (Å²) in [4.78, 5) is 22.9. The Kier molecular flexibility index (Phi) is 12.1. The number of nitrogens with zero attached hydrogens (tertiary/aromatic N) is 1. The molecule has 0 spiro atoms. The zero-order chi connectivity index (χ0) is 19.6. The molecule has 1 aromatic carbocycles. The zero-order valence-electron chi connectivity index (χ0n) is 17.8. The molecule has 0 fully saturated rings. The molecule has 0 unspecified atom stereocenters. The van der Waals surface area contributed by atoms with E-state index < -0.39 is 25.0 Å². The van der Waals surface area contributed by atoms with Crippen molar-refractivity contribution in [3.63, 3.8) is 0 Å². The Labute approximate surface area is 205 Å². The minimum atomic E-state index is -1.39. The number of benzene rings is 1. The SMILES string of the molecule is CC(C)(C)c1cc(CN(CC(=O)[O-])CC(=O)[O-])c(O)c(C(C)(C)C)c1.[Na+].[Na+]. The summed E-state index contributed by atoms with van der Waals surface area (Å²) < 4.78 is 0. The average molecular weight is 395 g/mol. The molecule has 1 aromatic rings. The Bertz CT molecular complexity index is 647. The first-order chi connectivity index (χ1) is 11.2. The number of phenolic OH excluding ortho intramolecular Hbond substituents is 1. The number of carboxylic acids is 2. The van der Waals surface area contributed by atoms with E-state index >= 15 is 0 Å². The van der Waals surface area contributed by atoms with E-state index in [0.717, 1.165) is 11.1 Å². The van der Waals surface area contributed by atoms with E-state index in [-0.39, 0.29) is 82.2 Å². The number of rotatable bonds is 6. The molecule has 0 bridgehead atoms. The first-order valence-electron chi connectivity index (χ1n) is 8.20. The molecule has 0 radical (unpaired) electrons. The van der Waals surface area contributed by atoms with Gasteiger partial charge in [-0.1, -0.05) is 53.7 Å². The van der Waals surface area contributed by atoms with Crippen LogP contribution in [0.15, 0.2) is 12.1 Å². The number of phenols is 1. The molecule has 140 valence electrons. The Hall–Kier alpha value is -0.0800. The van der Waals surface area contributed by atoms with Gasteiger partial charge in [-0.15, -0.1) is 0 Å². The summed E-state index contributed by atoms with van der Waals surface area (Å²) in [5, 5.41) is 32.5. The van der Waals surface area contributed by atoms with Crippen LogP contribution in [0.5, 0.6) is 5.75 Å².